The number of fused-ring (bicyclic) bond motifs is 2. The molecule has 0 radical (unpaired) electrons. The number of piperidine rings is 2. The van der Waals surface area contributed by atoms with Gasteiger partial charge in [0, 0.05) is 69.1 Å². The van der Waals surface area contributed by atoms with E-state index in [1.165, 1.54) is 10.8 Å². The average molecular weight is 811 g/mol. The smallest absolute Gasteiger partial charge is 0.432 e. The number of esters is 1. The third kappa shape index (κ3) is 9.62. The summed E-state index contributed by atoms with van der Waals surface area (Å²) in [6.45, 7) is 9.39. The summed E-state index contributed by atoms with van der Waals surface area (Å²) >= 11 is 0. The van der Waals surface area contributed by atoms with Crippen molar-refractivity contribution in [3.63, 3.8) is 0 Å². The average Bonchev–Trinajstić information content (AvgIpc) is 3.68. The van der Waals surface area contributed by atoms with E-state index in [4.69, 9.17) is 4.74 Å². The molecule has 0 spiro atoms. The SMILES string of the molecule is CCCCCC(=O)OCn1c(=O)c(C2CCN(C(=O)NC(Cc3cc(C)c4c(cnn4C(=O)O)c3)C(=O)N3CCN(C4CCN(C)CC4)CC3)CC2)cc2ccccc21. The summed E-state index contributed by atoms with van der Waals surface area (Å²) in [6.07, 6.45) is 6.90. The van der Waals surface area contributed by atoms with Crippen molar-refractivity contribution in [3.05, 3.63) is 75.7 Å². The number of nitrogens with zero attached hydrogens (tertiary/aromatic N) is 7. The number of aryl methyl sites for hydroxylation is 1. The molecule has 1 atom stereocenters. The van der Waals surface area contributed by atoms with Gasteiger partial charge in [0.2, 0.25) is 5.91 Å². The van der Waals surface area contributed by atoms with Crippen LogP contribution in [-0.4, -0.2) is 135 Å². The Morgan fingerprint density at radius 2 is 1.63 bits per heavy atom. The van der Waals surface area contributed by atoms with E-state index in [0.717, 1.165) is 73.9 Å². The molecular weight excluding hydrogens is 753 g/mol. The Hall–Kier alpha value is -5.28. The van der Waals surface area contributed by atoms with Gasteiger partial charge in [0.05, 0.1) is 17.2 Å². The highest BCUT2D eigenvalue weighted by atomic mass is 16.5. The number of benzene rings is 2. The third-order valence-corrected chi connectivity index (χ3v) is 12.6. The van der Waals surface area contributed by atoms with Crippen molar-refractivity contribution in [2.75, 3.05) is 59.4 Å². The summed E-state index contributed by atoms with van der Waals surface area (Å²) in [5.74, 6) is -0.573. The van der Waals surface area contributed by atoms with Gasteiger partial charge in [-0.15, -0.1) is 0 Å². The van der Waals surface area contributed by atoms with E-state index in [1.54, 1.807) is 4.90 Å². The Labute approximate surface area is 344 Å². The number of carbonyl (C=O) groups excluding carboxylic acids is 3. The van der Waals surface area contributed by atoms with Crippen molar-refractivity contribution in [2.24, 2.45) is 0 Å². The number of aromatic nitrogens is 3. The lowest BCUT2D eigenvalue weighted by Crippen LogP contribution is -2.59. The first-order valence-corrected chi connectivity index (χ1v) is 21.3. The van der Waals surface area contributed by atoms with Gasteiger partial charge in [-0.1, -0.05) is 44.0 Å². The van der Waals surface area contributed by atoms with Gasteiger partial charge in [-0.25, -0.2) is 9.59 Å². The number of amides is 3. The molecule has 15 nitrogen and oxygen atoms in total. The number of urea groups is 1. The number of nitrogens with one attached hydrogen (secondary N) is 1. The van der Waals surface area contributed by atoms with Crippen LogP contribution in [0.15, 0.2) is 53.5 Å². The van der Waals surface area contributed by atoms with Crippen molar-refractivity contribution < 1.29 is 29.0 Å². The molecule has 4 aromatic rings. The molecule has 5 heterocycles. The minimum atomic E-state index is -1.18. The molecule has 3 fully saturated rings. The van der Waals surface area contributed by atoms with Crippen molar-refractivity contribution >= 4 is 45.8 Å². The Morgan fingerprint density at radius 3 is 2.34 bits per heavy atom. The van der Waals surface area contributed by atoms with Crippen molar-refractivity contribution in [2.45, 2.75) is 96.4 Å². The fourth-order valence-electron chi connectivity index (χ4n) is 9.17. The maximum absolute atomic E-state index is 14.4. The number of hydrogen-bond acceptors (Lipinski definition) is 9. The number of carbonyl (C=O) groups is 4. The van der Waals surface area contributed by atoms with Gasteiger partial charge >= 0.3 is 18.1 Å². The van der Waals surface area contributed by atoms with Crippen LogP contribution in [0.3, 0.4) is 0 Å². The molecule has 1 unspecified atom stereocenters. The Morgan fingerprint density at radius 1 is 0.898 bits per heavy atom. The minimum Gasteiger partial charge on any atom is -0.463 e. The van der Waals surface area contributed by atoms with Gasteiger partial charge in [0.15, 0.2) is 6.73 Å². The molecule has 0 saturated carbocycles. The quantitative estimate of drug-likeness (QED) is 0.147. The summed E-state index contributed by atoms with van der Waals surface area (Å²) in [6, 6.07) is 12.5. The summed E-state index contributed by atoms with van der Waals surface area (Å²) < 4.78 is 8.06. The maximum atomic E-state index is 14.4. The fourth-order valence-corrected chi connectivity index (χ4v) is 9.17. The molecule has 3 aliphatic heterocycles. The maximum Gasteiger partial charge on any atom is 0.432 e. The highest BCUT2D eigenvalue weighted by Crippen LogP contribution is 2.29. The first-order chi connectivity index (χ1) is 28.5. The number of carboxylic acid groups (broad SMARTS) is 1. The van der Waals surface area contributed by atoms with Gasteiger partial charge in [-0.3, -0.25) is 23.9 Å². The van der Waals surface area contributed by atoms with E-state index in [-0.39, 0.29) is 42.5 Å². The van der Waals surface area contributed by atoms with Crippen LogP contribution in [0.1, 0.15) is 80.9 Å². The van der Waals surface area contributed by atoms with E-state index >= 15 is 0 Å². The first-order valence-electron chi connectivity index (χ1n) is 21.3. The number of para-hydroxylation sites is 1. The zero-order chi connectivity index (χ0) is 41.6. The van der Waals surface area contributed by atoms with Crippen LogP contribution < -0.4 is 10.9 Å². The van der Waals surface area contributed by atoms with Crippen molar-refractivity contribution in [3.8, 4) is 0 Å². The molecule has 15 heteroatoms. The number of pyridine rings is 1. The van der Waals surface area contributed by atoms with Crippen LogP contribution in [0.5, 0.6) is 0 Å². The van der Waals surface area contributed by atoms with Crippen LogP contribution in [0.25, 0.3) is 21.8 Å². The summed E-state index contributed by atoms with van der Waals surface area (Å²) in [5, 5.41) is 18.3. The highest BCUT2D eigenvalue weighted by Gasteiger charge is 2.34. The molecule has 2 aromatic heterocycles. The normalized spacial score (nSPS) is 18.0. The van der Waals surface area contributed by atoms with Gasteiger partial charge in [0.25, 0.3) is 5.56 Å². The summed E-state index contributed by atoms with van der Waals surface area (Å²) in [4.78, 5) is 75.1. The third-order valence-electron chi connectivity index (χ3n) is 12.6. The lowest BCUT2D eigenvalue weighted by atomic mass is 9.89. The Balaban J connectivity index is 1.04. The van der Waals surface area contributed by atoms with Crippen LogP contribution in [-0.2, 0) is 27.5 Å². The molecule has 316 valence electrons. The number of hydrogen-bond donors (Lipinski definition) is 2. The molecule has 3 aliphatic rings. The zero-order valence-electron chi connectivity index (χ0n) is 34.6. The Kier molecular flexibility index (Phi) is 13.3. The standard InChI is InChI=1S/C44H58N8O7/c1-4-5-6-11-39(53)59-29-51-38-10-8-7-9-33(38)27-36(41(51)54)32-12-18-50(19-13-32)43(56)46-37(26-31-24-30(2)40-34(25-31)28-45-52(40)44(57)58)42(55)49-22-20-48(21-23-49)35-14-16-47(3)17-15-35/h7-10,24-25,27-28,32,35,37H,4-6,11-23,26,29H2,1-3H3,(H,46,56)(H,57,58). The van der Waals surface area contributed by atoms with Gasteiger partial charge in [-0.2, -0.15) is 9.78 Å². The van der Waals surface area contributed by atoms with Crippen LogP contribution in [0.2, 0.25) is 0 Å². The van der Waals surface area contributed by atoms with E-state index in [0.29, 0.717) is 79.0 Å². The molecule has 2 N–H and O–H groups in total. The molecular formula is C44H58N8O7. The number of rotatable bonds is 12. The van der Waals surface area contributed by atoms with Crippen molar-refractivity contribution in [1.82, 2.24) is 39.3 Å². The molecule has 59 heavy (non-hydrogen) atoms. The summed E-state index contributed by atoms with van der Waals surface area (Å²) in [7, 11) is 2.15. The lowest BCUT2D eigenvalue weighted by molar-refractivity contribution is -0.147. The minimum absolute atomic E-state index is 0.109. The molecule has 2 aromatic carbocycles. The number of likely N-dealkylation sites (tertiary alicyclic amines) is 2. The summed E-state index contributed by atoms with van der Waals surface area (Å²) in [5.41, 5.74) is 3.13. The topological polar surface area (TPSA) is 163 Å². The number of unbranched alkanes of at least 4 members (excludes halogenated alkanes) is 2. The molecule has 0 aliphatic carbocycles. The largest absolute Gasteiger partial charge is 0.463 e. The van der Waals surface area contributed by atoms with Gasteiger partial charge in [-0.05, 0) is 99.8 Å². The lowest BCUT2D eigenvalue weighted by Gasteiger charge is -2.43. The van der Waals surface area contributed by atoms with Crippen LogP contribution in [0.4, 0.5) is 9.59 Å². The van der Waals surface area contributed by atoms with Gasteiger partial charge < -0.3 is 29.9 Å². The molecule has 3 amide bonds. The second kappa shape index (κ2) is 18.8. The molecule has 3 saturated heterocycles. The predicted molar refractivity (Wildman–Crippen MR) is 225 cm³/mol. The zero-order valence-corrected chi connectivity index (χ0v) is 34.6. The van der Waals surface area contributed by atoms with Gasteiger partial charge in [0.1, 0.15) is 6.04 Å². The van der Waals surface area contributed by atoms with E-state index in [9.17, 15) is 29.1 Å². The first kappa shape index (κ1) is 41.9. The predicted octanol–water partition coefficient (Wildman–Crippen LogP) is 5.01. The highest BCUT2D eigenvalue weighted by molar-refractivity contribution is 5.91. The fraction of sp³-hybridized carbons (Fsp3) is 0.545. The molecule has 0 bridgehead atoms. The second-order valence-corrected chi connectivity index (χ2v) is 16.5. The molecule has 7 rings (SSSR count). The monoisotopic (exact) mass is 810 g/mol. The van der Waals surface area contributed by atoms with E-state index in [2.05, 4.69) is 34.2 Å². The second-order valence-electron chi connectivity index (χ2n) is 16.5. The van der Waals surface area contributed by atoms with Crippen molar-refractivity contribution in [1.29, 1.82) is 0 Å². The number of piperazine rings is 1. The van der Waals surface area contributed by atoms with E-state index in [1.807, 2.05) is 54.3 Å². The van der Waals surface area contributed by atoms with E-state index < -0.39 is 12.1 Å². The van der Waals surface area contributed by atoms with Crippen LogP contribution in [0, 0.1) is 6.92 Å². The number of ether oxygens (including phenoxy) is 1. The Bertz CT molecular complexity index is 2210. The van der Waals surface area contributed by atoms with Crippen LogP contribution >= 0.6 is 0 Å².